The van der Waals surface area contributed by atoms with Crippen LogP contribution in [0, 0.1) is 6.92 Å². The van der Waals surface area contributed by atoms with Crippen molar-refractivity contribution in [3.05, 3.63) is 72.1 Å². The number of ether oxygens (including phenoxy) is 1. The molecule has 1 saturated heterocycles. The van der Waals surface area contributed by atoms with E-state index in [-0.39, 0.29) is 0 Å². The van der Waals surface area contributed by atoms with Gasteiger partial charge in [-0.15, -0.1) is 0 Å². The average molecular weight is 428 g/mol. The Morgan fingerprint density at radius 3 is 2.31 bits per heavy atom. The minimum atomic E-state index is 0.681. The SMILES string of the molecule is COc1ccc(Cn2nc(C)c3cc(-c4ccc(N5CCN(C)CC5)cc4)cnc32)cc1. The first kappa shape index (κ1) is 20.5. The Morgan fingerprint density at radius 2 is 1.62 bits per heavy atom. The summed E-state index contributed by atoms with van der Waals surface area (Å²) < 4.78 is 7.23. The van der Waals surface area contributed by atoms with Crippen molar-refractivity contribution in [2.24, 2.45) is 0 Å². The standard InChI is InChI=1S/C26H29N5O/c1-19-25-16-22(21-6-8-23(9-7-21)30-14-12-29(2)13-15-30)17-27-26(25)31(28-19)18-20-4-10-24(32-3)11-5-20/h4-11,16-17H,12-15,18H2,1-3H3. The van der Waals surface area contributed by atoms with Gasteiger partial charge < -0.3 is 14.5 Å². The highest BCUT2D eigenvalue weighted by Gasteiger charge is 2.15. The smallest absolute Gasteiger partial charge is 0.158 e. The largest absolute Gasteiger partial charge is 0.497 e. The van der Waals surface area contributed by atoms with Crippen LogP contribution in [0.4, 0.5) is 5.69 Å². The molecular formula is C26H29N5O. The molecule has 6 nitrogen and oxygen atoms in total. The number of pyridine rings is 1. The van der Waals surface area contributed by atoms with Crippen molar-refractivity contribution in [1.29, 1.82) is 0 Å². The van der Waals surface area contributed by atoms with Gasteiger partial charge in [0.2, 0.25) is 0 Å². The van der Waals surface area contributed by atoms with E-state index >= 15 is 0 Å². The van der Waals surface area contributed by atoms with Gasteiger partial charge in [0.1, 0.15) is 5.75 Å². The third-order valence-electron chi connectivity index (χ3n) is 6.33. The molecule has 1 fully saturated rings. The van der Waals surface area contributed by atoms with E-state index in [0.29, 0.717) is 6.54 Å². The second-order valence-electron chi connectivity index (χ2n) is 8.52. The number of hydrogen-bond donors (Lipinski definition) is 0. The Bertz CT molecular complexity index is 1210. The number of aromatic nitrogens is 3. The van der Waals surface area contributed by atoms with Gasteiger partial charge in [-0.2, -0.15) is 5.10 Å². The van der Waals surface area contributed by atoms with Crippen LogP contribution in [-0.4, -0.2) is 60.0 Å². The minimum absolute atomic E-state index is 0.681. The predicted octanol–water partition coefficient (Wildman–Crippen LogP) is 4.22. The molecule has 2 aromatic heterocycles. The topological polar surface area (TPSA) is 46.4 Å². The lowest BCUT2D eigenvalue weighted by molar-refractivity contribution is 0.313. The van der Waals surface area contributed by atoms with Crippen LogP contribution in [0.15, 0.2) is 60.8 Å². The van der Waals surface area contributed by atoms with E-state index in [2.05, 4.69) is 66.2 Å². The van der Waals surface area contributed by atoms with Crippen LogP contribution in [-0.2, 0) is 6.54 Å². The Labute approximate surface area is 189 Å². The monoisotopic (exact) mass is 427 g/mol. The lowest BCUT2D eigenvalue weighted by Gasteiger charge is -2.34. The molecular weight excluding hydrogens is 398 g/mol. The van der Waals surface area contributed by atoms with Gasteiger partial charge in [0.25, 0.3) is 0 Å². The zero-order chi connectivity index (χ0) is 22.1. The zero-order valence-corrected chi connectivity index (χ0v) is 19.0. The Hall–Kier alpha value is -3.38. The summed E-state index contributed by atoms with van der Waals surface area (Å²) in [5.41, 5.74) is 6.67. The highest BCUT2D eigenvalue weighted by atomic mass is 16.5. The van der Waals surface area contributed by atoms with Gasteiger partial charge in [-0.3, -0.25) is 0 Å². The van der Waals surface area contributed by atoms with Crippen molar-refractivity contribution in [3.8, 4) is 16.9 Å². The van der Waals surface area contributed by atoms with E-state index in [1.807, 2.05) is 23.0 Å². The first-order chi connectivity index (χ1) is 15.6. The molecule has 0 aliphatic carbocycles. The van der Waals surface area contributed by atoms with Crippen molar-refractivity contribution in [3.63, 3.8) is 0 Å². The molecule has 164 valence electrons. The van der Waals surface area contributed by atoms with Crippen molar-refractivity contribution in [2.75, 3.05) is 45.2 Å². The summed E-state index contributed by atoms with van der Waals surface area (Å²) in [7, 11) is 3.87. The Balaban J connectivity index is 1.38. The number of rotatable bonds is 5. The van der Waals surface area contributed by atoms with Crippen LogP contribution in [0.25, 0.3) is 22.2 Å². The summed E-state index contributed by atoms with van der Waals surface area (Å²) >= 11 is 0. The molecule has 0 atom stereocenters. The average Bonchev–Trinajstić information content (AvgIpc) is 3.14. The number of methoxy groups -OCH3 is 1. The Kier molecular flexibility index (Phi) is 5.53. The molecule has 32 heavy (non-hydrogen) atoms. The maximum absolute atomic E-state index is 5.26. The molecule has 0 N–H and O–H groups in total. The van der Waals surface area contributed by atoms with Crippen LogP contribution in [0.3, 0.4) is 0 Å². The molecule has 0 radical (unpaired) electrons. The van der Waals surface area contributed by atoms with Gasteiger partial charge in [0.05, 0.1) is 19.3 Å². The molecule has 5 rings (SSSR count). The van der Waals surface area contributed by atoms with Gasteiger partial charge in [0.15, 0.2) is 5.65 Å². The lowest BCUT2D eigenvalue weighted by Crippen LogP contribution is -2.44. The summed E-state index contributed by atoms with van der Waals surface area (Å²) in [6.07, 6.45) is 1.96. The van der Waals surface area contributed by atoms with E-state index in [9.17, 15) is 0 Å². The number of aryl methyl sites for hydroxylation is 1. The number of anilines is 1. The van der Waals surface area contributed by atoms with Crippen molar-refractivity contribution < 1.29 is 4.74 Å². The number of piperazine rings is 1. The number of nitrogens with zero attached hydrogens (tertiary/aromatic N) is 5. The zero-order valence-electron chi connectivity index (χ0n) is 19.0. The fourth-order valence-electron chi connectivity index (χ4n) is 4.31. The van der Waals surface area contributed by atoms with Crippen LogP contribution in [0.1, 0.15) is 11.3 Å². The van der Waals surface area contributed by atoms with Crippen molar-refractivity contribution >= 4 is 16.7 Å². The van der Waals surface area contributed by atoms with Crippen molar-refractivity contribution in [1.82, 2.24) is 19.7 Å². The molecule has 3 heterocycles. The van der Waals surface area contributed by atoms with Crippen LogP contribution in [0.2, 0.25) is 0 Å². The van der Waals surface area contributed by atoms with Crippen LogP contribution < -0.4 is 9.64 Å². The summed E-state index contributed by atoms with van der Waals surface area (Å²) in [5.74, 6) is 0.858. The molecule has 0 bridgehead atoms. The minimum Gasteiger partial charge on any atom is -0.497 e. The summed E-state index contributed by atoms with van der Waals surface area (Å²) in [6, 6.07) is 19.2. The number of benzene rings is 2. The summed E-state index contributed by atoms with van der Waals surface area (Å²) in [5, 5.41) is 5.85. The third-order valence-corrected chi connectivity index (χ3v) is 6.33. The predicted molar refractivity (Wildman–Crippen MR) is 130 cm³/mol. The number of hydrogen-bond acceptors (Lipinski definition) is 5. The molecule has 0 spiro atoms. The van der Waals surface area contributed by atoms with Gasteiger partial charge >= 0.3 is 0 Å². The van der Waals surface area contributed by atoms with Gasteiger partial charge in [0, 0.05) is 49.0 Å². The molecule has 0 saturated carbocycles. The van der Waals surface area contributed by atoms with E-state index in [0.717, 1.165) is 54.2 Å². The lowest BCUT2D eigenvalue weighted by atomic mass is 10.1. The van der Waals surface area contributed by atoms with E-state index in [1.54, 1.807) is 7.11 Å². The normalized spacial score (nSPS) is 14.8. The quantitative estimate of drug-likeness (QED) is 0.477. The maximum Gasteiger partial charge on any atom is 0.158 e. The molecule has 0 unspecified atom stereocenters. The van der Waals surface area contributed by atoms with Crippen LogP contribution >= 0.6 is 0 Å². The first-order valence-electron chi connectivity index (χ1n) is 11.1. The van der Waals surface area contributed by atoms with E-state index < -0.39 is 0 Å². The van der Waals surface area contributed by atoms with Gasteiger partial charge in [-0.1, -0.05) is 24.3 Å². The van der Waals surface area contributed by atoms with Gasteiger partial charge in [-0.05, 0) is 55.4 Å². The second-order valence-corrected chi connectivity index (χ2v) is 8.52. The highest BCUT2D eigenvalue weighted by molar-refractivity contribution is 5.83. The number of likely N-dealkylation sites (N-methyl/N-ethyl adjacent to an activating group) is 1. The van der Waals surface area contributed by atoms with Crippen molar-refractivity contribution in [2.45, 2.75) is 13.5 Å². The summed E-state index contributed by atoms with van der Waals surface area (Å²) in [4.78, 5) is 9.62. The maximum atomic E-state index is 5.26. The molecule has 0 amide bonds. The van der Waals surface area contributed by atoms with Crippen LogP contribution in [0.5, 0.6) is 5.75 Å². The summed E-state index contributed by atoms with van der Waals surface area (Å²) in [6.45, 7) is 7.12. The second kappa shape index (κ2) is 8.63. The van der Waals surface area contributed by atoms with Gasteiger partial charge in [-0.25, -0.2) is 9.67 Å². The first-order valence-corrected chi connectivity index (χ1v) is 11.1. The number of fused-ring (bicyclic) bond motifs is 1. The third kappa shape index (κ3) is 4.06. The molecule has 4 aromatic rings. The highest BCUT2D eigenvalue weighted by Crippen LogP contribution is 2.27. The molecule has 1 aliphatic rings. The van der Waals surface area contributed by atoms with E-state index in [1.165, 1.54) is 16.8 Å². The Morgan fingerprint density at radius 1 is 0.906 bits per heavy atom. The fourth-order valence-corrected chi connectivity index (χ4v) is 4.31. The fraction of sp³-hybridized carbons (Fsp3) is 0.308. The van der Waals surface area contributed by atoms with E-state index in [4.69, 9.17) is 14.8 Å². The molecule has 2 aromatic carbocycles. The molecule has 6 heteroatoms. The molecule has 1 aliphatic heterocycles.